The summed E-state index contributed by atoms with van der Waals surface area (Å²) in [5, 5.41) is 0. The van der Waals surface area contributed by atoms with Crippen LogP contribution in [0.3, 0.4) is 0 Å². The third-order valence-corrected chi connectivity index (χ3v) is 2.34. The van der Waals surface area contributed by atoms with Gasteiger partial charge < -0.3 is 10.6 Å². The summed E-state index contributed by atoms with van der Waals surface area (Å²) >= 11 is 0. The number of nitrogens with zero attached hydrogens (tertiary/aromatic N) is 1. The topological polar surface area (TPSA) is 29.3 Å². The van der Waals surface area contributed by atoms with Crippen LogP contribution < -0.4 is 5.73 Å². The molecular formula is C9H20N2. The lowest BCUT2D eigenvalue weighted by Crippen LogP contribution is -2.30. The van der Waals surface area contributed by atoms with E-state index >= 15 is 0 Å². The fraction of sp³-hybridized carbons (Fsp3) is 1.00. The second-order valence-corrected chi connectivity index (χ2v) is 3.63. The second-order valence-electron chi connectivity index (χ2n) is 3.63. The van der Waals surface area contributed by atoms with Crippen LogP contribution >= 0.6 is 0 Å². The fourth-order valence-electron chi connectivity index (χ4n) is 1.41. The quantitative estimate of drug-likeness (QED) is 0.648. The molecule has 0 saturated heterocycles. The fourth-order valence-corrected chi connectivity index (χ4v) is 1.41. The van der Waals surface area contributed by atoms with Gasteiger partial charge in [-0.15, -0.1) is 0 Å². The maximum Gasteiger partial charge on any atom is 0.00963 e. The van der Waals surface area contributed by atoms with Crippen molar-refractivity contribution in [3.05, 3.63) is 0 Å². The first-order valence-corrected chi connectivity index (χ1v) is 4.73. The Hall–Kier alpha value is -0.0800. The highest BCUT2D eigenvalue weighted by atomic mass is 15.2. The van der Waals surface area contributed by atoms with Crippen molar-refractivity contribution in [1.29, 1.82) is 0 Å². The van der Waals surface area contributed by atoms with Gasteiger partial charge in [-0.25, -0.2) is 0 Å². The van der Waals surface area contributed by atoms with Gasteiger partial charge in [-0.05, 0) is 39.3 Å². The minimum Gasteiger partial charge on any atom is -0.328 e. The van der Waals surface area contributed by atoms with Crippen LogP contribution in [-0.2, 0) is 0 Å². The molecule has 0 aromatic heterocycles. The average Bonchev–Trinajstić information content (AvgIpc) is 2.72. The Kier molecular flexibility index (Phi) is 3.34. The van der Waals surface area contributed by atoms with E-state index in [1.807, 2.05) is 0 Å². The first kappa shape index (κ1) is 9.01. The van der Waals surface area contributed by atoms with Crippen LogP contribution in [-0.4, -0.2) is 30.1 Å². The van der Waals surface area contributed by atoms with Crippen molar-refractivity contribution in [2.45, 2.75) is 45.2 Å². The van der Waals surface area contributed by atoms with Crippen molar-refractivity contribution in [2.75, 3.05) is 13.1 Å². The molecule has 0 amide bonds. The lowest BCUT2D eigenvalue weighted by atomic mass is 10.2. The highest BCUT2D eigenvalue weighted by Gasteiger charge is 2.27. The van der Waals surface area contributed by atoms with E-state index in [1.54, 1.807) is 0 Å². The molecule has 1 unspecified atom stereocenters. The molecule has 0 aromatic carbocycles. The highest BCUT2D eigenvalue weighted by molar-refractivity contribution is 4.83. The lowest BCUT2D eigenvalue weighted by molar-refractivity contribution is 0.268. The summed E-state index contributed by atoms with van der Waals surface area (Å²) < 4.78 is 0. The Morgan fingerprint density at radius 2 is 2.18 bits per heavy atom. The molecule has 0 aromatic rings. The summed E-state index contributed by atoms with van der Waals surface area (Å²) in [4.78, 5) is 2.54. The third-order valence-electron chi connectivity index (χ3n) is 2.34. The van der Waals surface area contributed by atoms with Crippen molar-refractivity contribution in [3.8, 4) is 0 Å². The molecule has 1 atom stereocenters. The van der Waals surface area contributed by atoms with E-state index < -0.39 is 0 Å². The Balaban J connectivity index is 2.10. The largest absolute Gasteiger partial charge is 0.328 e. The van der Waals surface area contributed by atoms with Gasteiger partial charge in [0, 0.05) is 12.1 Å². The smallest absolute Gasteiger partial charge is 0.00963 e. The van der Waals surface area contributed by atoms with E-state index in [-0.39, 0.29) is 0 Å². The summed E-state index contributed by atoms with van der Waals surface area (Å²) in [5.74, 6) is 0. The molecule has 1 aliphatic rings. The van der Waals surface area contributed by atoms with E-state index in [2.05, 4.69) is 18.7 Å². The van der Waals surface area contributed by atoms with Gasteiger partial charge in [-0.1, -0.05) is 6.92 Å². The van der Waals surface area contributed by atoms with Gasteiger partial charge in [0.2, 0.25) is 0 Å². The van der Waals surface area contributed by atoms with Gasteiger partial charge in [0.05, 0.1) is 0 Å². The van der Waals surface area contributed by atoms with E-state index in [0.29, 0.717) is 6.04 Å². The highest BCUT2D eigenvalue weighted by Crippen LogP contribution is 2.26. The maximum absolute atomic E-state index is 5.69. The SMILES string of the molecule is CCN(CCC(C)N)C1CC1. The van der Waals surface area contributed by atoms with Crippen molar-refractivity contribution >= 4 is 0 Å². The van der Waals surface area contributed by atoms with Crippen molar-refractivity contribution < 1.29 is 0 Å². The van der Waals surface area contributed by atoms with E-state index in [9.17, 15) is 0 Å². The summed E-state index contributed by atoms with van der Waals surface area (Å²) in [6.45, 7) is 6.70. The van der Waals surface area contributed by atoms with Crippen molar-refractivity contribution in [3.63, 3.8) is 0 Å². The molecule has 66 valence electrons. The molecule has 0 radical (unpaired) electrons. The zero-order chi connectivity index (χ0) is 8.27. The number of nitrogens with two attached hydrogens (primary N) is 1. The molecule has 1 saturated carbocycles. The van der Waals surface area contributed by atoms with Crippen LogP contribution in [0, 0.1) is 0 Å². The Bertz CT molecular complexity index is 108. The monoisotopic (exact) mass is 156 g/mol. The molecule has 0 aliphatic heterocycles. The summed E-state index contributed by atoms with van der Waals surface area (Å²) in [6.07, 6.45) is 3.96. The van der Waals surface area contributed by atoms with Crippen molar-refractivity contribution in [1.82, 2.24) is 4.90 Å². The van der Waals surface area contributed by atoms with Crippen molar-refractivity contribution in [2.24, 2.45) is 5.73 Å². The van der Waals surface area contributed by atoms with Crippen LogP contribution in [0.1, 0.15) is 33.1 Å². The van der Waals surface area contributed by atoms with Gasteiger partial charge in [-0.3, -0.25) is 0 Å². The Labute approximate surface area is 69.8 Å². The predicted molar refractivity (Wildman–Crippen MR) is 48.5 cm³/mol. The average molecular weight is 156 g/mol. The summed E-state index contributed by atoms with van der Waals surface area (Å²) in [6, 6.07) is 1.27. The second kappa shape index (κ2) is 4.07. The maximum atomic E-state index is 5.69. The molecule has 2 nitrogen and oxygen atoms in total. The van der Waals surface area contributed by atoms with E-state index in [0.717, 1.165) is 12.5 Å². The van der Waals surface area contributed by atoms with Gasteiger partial charge in [-0.2, -0.15) is 0 Å². The van der Waals surface area contributed by atoms with Crippen LogP contribution in [0.4, 0.5) is 0 Å². The van der Waals surface area contributed by atoms with E-state index in [4.69, 9.17) is 5.73 Å². The lowest BCUT2D eigenvalue weighted by Gasteiger charge is -2.20. The molecule has 2 N–H and O–H groups in total. The zero-order valence-corrected chi connectivity index (χ0v) is 7.71. The molecule has 11 heavy (non-hydrogen) atoms. The van der Waals surface area contributed by atoms with E-state index in [1.165, 1.54) is 25.9 Å². The molecule has 1 fully saturated rings. The summed E-state index contributed by atoms with van der Waals surface area (Å²) in [7, 11) is 0. The third kappa shape index (κ3) is 3.21. The standard InChI is InChI=1S/C9H20N2/c1-3-11(9-4-5-9)7-6-8(2)10/h8-9H,3-7,10H2,1-2H3. The first-order valence-electron chi connectivity index (χ1n) is 4.73. The number of rotatable bonds is 5. The molecule has 2 heteroatoms. The number of hydrogen-bond donors (Lipinski definition) is 1. The molecule has 1 rings (SSSR count). The van der Waals surface area contributed by atoms with Crippen LogP contribution in [0.5, 0.6) is 0 Å². The Morgan fingerprint density at radius 3 is 2.55 bits per heavy atom. The molecule has 0 bridgehead atoms. The minimum absolute atomic E-state index is 0.364. The normalized spacial score (nSPS) is 20.7. The van der Waals surface area contributed by atoms with Crippen LogP contribution in [0.2, 0.25) is 0 Å². The zero-order valence-electron chi connectivity index (χ0n) is 7.71. The molecule has 1 aliphatic carbocycles. The van der Waals surface area contributed by atoms with Gasteiger partial charge in [0.15, 0.2) is 0 Å². The van der Waals surface area contributed by atoms with Gasteiger partial charge in [0.1, 0.15) is 0 Å². The molecule has 0 spiro atoms. The van der Waals surface area contributed by atoms with Crippen LogP contribution in [0.15, 0.2) is 0 Å². The predicted octanol–water partition coefficient (Wildman–Crippen LogP) is 1.21. The molecule has 0 heterocycles. The van der Waals surface area contributed by atoms with Gasteiger partial charge in [0.25, 0.3) is 0 Å². The summed E-state index contributed by atoms with van der Waals surface area (Å²) in [5.41, 5.74) is 5.69. The molecular weight excluding hydrogens is 136 g/mol. The number of hydrogen-bond acceptors (Lipinski definition) is 2. The first-order chi connectivity index (χ1) is 5.24. The van der Waals surface area contributed by atoms with Gasteiger partial charge >= 0.3 is 0 Å². The minimum atomic E-state index is 0.364. The Morgan fingerprint density at radius 1 is 1.55 bits per heavy atom. The van der Waals surface area contributed by atoms with Crippen LogP contribution in [0.25, 0.3) is 0 Å².